The highest BCUT2D eigenvalue weighted by Gasteiger charge is 2.12. The zero-order chi connectivity index (χ0) is 13.2. The summed E-state index contributed by atoms with van der Waals surface area (Å²) in [5, 5.41) is 1.27. The molecule has 0 aliphatic heterocycles. The van der Waals surface area contributed by atoms with Crippen LogP contribution < -0.4 is 0 Å². The lowest BCUT2D eigenvalue weighted by Crippen LogP contribution is -1.84. The lowest BCUT2D eigenvalue weighted by atomic mass is 10.1. The number of benzene rings is 1. The summed E-state index contributed by atoms with van der Waals surface area (Å²) < 4.78 is 0. The fourth-order valence-corrected chi connectivity index (χ4v) is 2.41. The second-order valence-electron chi connectivity index (χ2n) is 4.13. The van der Waals surface area contributed by atoms with Gasteiger partial charge in [-0.1, -0.05) is 41.4 Å². The molecule has 2 heterocycles. The van der Waals surface area contributed by atoms with Gasteiger partial charge < -0.3 is 4.98 Å². The number of aromatic nitrogens is 2. The molecule has 0 saturated heterocycles. The minimum absolute atomic E-state index is 0.579. The third kappa shape index (κ3) is 2.50. The van der Waals surface area contributed by atoms with Gasteiger partial charge in [0.05, 0.1) is 11.4 Å². The van der Waals surface area contributed by atoms with E-state index in [0.29, 0.717) is 10.2 Å². The van der Waals surface area contributed by atoms with Gasteiger partial charge in [0.25, 0.3) is 0 Å². The number of pyridine rings is 1. The van der Waals surface area contributed by atoms with E-state index in [0.717, 1.165) is 22.5 Å². The molecule has 2 nitrogen and oxygen atoms in total. The normalized spacial score (nSPS) is 10.6. The number of halogens is 2. The first kappa shape index (κ1) is 12.3. The Balaban J connectivity index is 2.18. The van der Waals surface area contributed by atoms with Crippen LogP contribution in [0.15, 0.2) is 54.7 Å². The maximum atomic E-state index is 6.09. The number of rotatable bonds is 2. The Kier molecular flexibility index (Phi) is 3.28. The van der Waals surface area contributed by atoms with Crippen molar-refractivity contribution in [2.75, 3.05) is 0 Å². The minimum atomic E-state index is 0.579. The molecule has 19 heavy (non-hydrogen) atoms. The number of hydrogen-bond donors (Lipinski definition) is 1. The summed E-state index contributed by atoms with van der Waals surface area (Å²) in [6, 6.07) is 15.3. The lowest BCUT2D eigenvalue weighted by Gasteiger charge is -2.04. The van der Waals surface area contributed by atoms with Crippen LogP contribution in [-0.4, -0.2) is 9.97 Å². The van der Waals surface area contributed by atoms with Gasteiger partial charge in [0.2, 0.25) is 0 Å². The molecule has 0 spiro atoms. The summed E-state index contributed by atoms with van der Waals surface area (Å²) in [5.74, 6) is 0. The van der Waals surface area contributed by atoms with E-state index >= 15 is 0 Å². The van der Waals surface area contributed by atoms with Gasteiger partial charge >= 0.3 is 0 Å². The van der Waals surface area contributed by atoms with Crippen molar-refractivity contribution < 1.29 is 0 Å². The Morgan fingerprint density at radius 3 is 2.58 bits per heavy atom. The molecule has 94 valence electrons. The second kappa shape index (κ2) is 5.08. The van der Waals surface area contributed by atoms with Crippen molar-refractivity contribution in [2.24, 2.45) is 0 Å². The molecule has 1 N–H and O–H groups in total. The van der Waals surface area contributed by atoms with Crippen molar-refractivity contribution in [1.29, 1.82) is 0 Å². The Morgan fingerprint density at radius 1 is 0.947 bits per heavy atom. The summed E-state index contributed by atoms with van der Waals surface area (Å²) in [5.41, 5.74) is 3.75. The lowest BCUT2D eigenvalue weighted by molar-refractivity contribution is 1.32. The first-order chi connectivity index (χ1) is 9.24. The second-order valence-corrected chi connectivity index (χ2v) is 4.97. The number of nitrogens with zero attached hydrogens (tertiary/aromatic N) is 1. The average Bonchev–Trinajstić information content (AvgIpc) is 2.82. The van der Waals surface area contributed by atoms with E-state index in [-0.39, 0.29) is 0 Å². The molecule has 2 aromatic heterocycles. The summed E-state index contributed by atoms with van der Waals surface area (Å²) in [6.45, 7) is 0. The Labute approximate surface area is 121 Å². The van der Waals surface area contributed by atoms with Gasteiger partial charge in [0, 0.05) is 22.3 Å². The van der Waals surface area contributed by atoms with Crippen LogP contribution in [0.2, 0.25) is 10.2 Å². The summed E-state index contributed by atoms with van der Waals surface area (Å²) in [4.78, 5) is 7.51. The predicted molar refractivity (Wildman–Crippen MR) is 79.5 cm³/mol. The monoisotopic (exact) mass is 288 g/mol. The van der Waals surface area contributed by atoms with Crippen LogP contribution >= 0.6 is 23.2 Å². The molecule has 0 aliphatic rings. The molecule has 0 unspecified atom stereocenters. The molecule has 0 amide bonds. The molecule has 0 saturated carbocycles. The number of nitrogens with one attached hydrogen (secondary N) is 1. The highest BCUT2D eigenvalue weighted by atomic mass is 35.5. The highest BCUT2D eigenvalue weighted by Crippen LogP contribution is 2.33. The smallest absolute Gasteiger partial charge is 0.107 e. The standard InChI is InChI=1S/C15H10Cl2N2/c16-11-5-3-4-10(8-11)15-12(9-14(17)19-15)13-6-1-2-7-18-13/h1-9,19H. The van der Waals surface area contributed by atoms with Crippen LogP contribution in [0, 0.1) is 0 Å². The van der Waals surface area contributed by atoms with Crippen molar-refractivity contribution >= 4 is 23.2 Å². The Bertz CT molecular complexity index is 705. The molecule has 0 fully saturated rings. The van der Waals surface area contributed by atoms with Crippen molar-refractivity contribution in [3.05, 3.63) is 64.9 Å². The molecule has 0 bridgehead atoms. The van der Waals surface area contributed by atoms with Crippen LogP contribution in [0.1, 0.15) is 0 Å². The molecule has 3 rings (SSSR count). The first-order valence-electron chi connectivity index (χ1n) is 5.80. The van der Waals surface area contributed by atoms with Gasteiger partial charge in [-0.25, -0.2) is 0 Å². The highest BCUT2D eigenvalue weighted by molar-refractivity contribution is 6.31. The third-order valence-corrected chi connectivity index (χ3v) is 3.28. The van der Waals surface area contributed by atoms with Crippen molar-refractivity contribution in [3.8, 4) is 22.5 Å². The maximum absolute atomic E-state index is 6.09. The van der Waals surface area contributed by atoms with Gasteiger partial charge in [-0.15, -0.1) is 0 Å². The number of hydrogen-bond acceptors (Lipinski definition) is 1. The van der Waals surface area contributed by atoms with Crippen LogP contribution in [0.4, 0.5) is 0 Å². The summed E-state index contributed by atoms with van der Waals surface area (Å²) >= 11 is 12.1. The van der Waals surface area contributed by atoms with E-state index in [1.165, 1.54) is 0 Å². The zero-order valence-electron chi connectivity index (χ0n) is 9.90. The topological polar surface area (TPSA) is 28.7 Å². The van der Waals surface area contributed by atoms with E-state index in [1.54, 1.807) is 6.20 Å². The fourth-order valence-electron chi connectivity index (χ4n) is 2.02. The van der Waals surface area contributed by atoms with Gasteiger partial charge in [0.1, 0.15) is 5.15 Å². The molecular weight excluding hydrogens is 279 g/mol. The molecule has 1 aromatic carbocycles. The molecule has 3 aromatic rings. The van der Waals surface area contributed by atoms with Gasteiger partial charge in [0.15, 0.2) is 0 Å². The predicted octanol–water partition coefficient (Wildman–Crippen LogP) is 5.05. The number of H-pyrrole nitrogens is 1. The van der Waals surface area contributed by atoms with Crippen LogP contribution in [-0.2, 0) is 0 Å². The van der Waals surface area contributed by atoms with Gasteiger partial charge in [-0.05, 0) is 30.3 Å². The third-order valence-electron chi connectivity index (χ3n) is 2.84. The fraction of sp³-hybridized carbons (Fsp3) is 0. The van der Waals surface area contributed by atoms with E-state index in [4.69, 9.17) is 23.2 Å². The summed E-state index contributed by atoms with van der Waals surface area (Å²) in [6.07, 6.45) is 1.76. The summed E-state index contributed by atoms with van der Waals surface area (Å²) in [7, 11) is 0. The van der Waals surface area contributed by atoms with Crippen molar-refractivity contribution in [1.82, 2.24) is 9.97 Å². The molecular formula is C15H10Cl2N2. The zero-order valence-corrected chi connectivity index (χ0v) is 11.4. The maximum Gasteiger partial charge on any atom is 0.107 e. The number of aromatic amines is 1. The molecule has 0 aliphatic carbocycles. The molecule has 0 radical (unpaired) electrons. The minimum Gasteiger partial charge on any atom is -0.345 e. The van der Waals surface area contributed by atoms with Crippen molar-refractivity contribution in [2.45, 2.75) is 0 Å². The van der Waals surface area contributed by atoms with Gasteiger partial charge in [-0.3, -0.25) is 4.98 Å². The Morgan fingerprint density at radius 2 is 1.84 bits per heavy atom. The molecule has 4 heteroatoms. The average molecular weight is 289 g/mol. The van der Waals surface area contributed by atoms with Gasteiger partial charge in [-0.2, -0.15) is 0 Å². The van der Waals surface area contributed by atoms with Crippen LogP contribution in [0.3, 0.4) is 0 Å². The SMILES string of the molecule is Clc1cccc(-c2[nH]c(Cl)cc2-c2ccccn2)c1. The first-order valence-corrected chi connectivity index (χ1v) is 6.55. The van der Waals surface area contributed by atoms with E-state index < -0.39 is 0 Å². The largest absolute Gasteiger partial charge is 0.345 e. The van der Waals surface area contributed by atoms with E-state index in [9.17, 15) is 0 Å². The quantitative estimate of drug-likeness (QED) is 0.702. The van der Waals surface area contributed by atoms with Crippen molar-refractivity contribution in [3.63, 3.8) is 0 Å². The molecule has 0 atom stereocenters. The Hall–Kier alpha value is -1.77. The van der Waals surface area contributed by atoms with E-state index in [1.807, 2.05) is 48.5 Å². The van der Waals surface area contributed by atoms with Crippen LogP contribution in [0.25, 0.3) is 22.5 Å². The van der Waals surface area contributed by atoms with E-state index in [2.05, 4.69) is 9.97 Å². The van der Waals surface area contributed by atoms with Crippen LogP contribution in [0.5, 0.6) is 0 Å².